The van der Waals surface area contributed by atoms with Gasteiger partial charge in [-0.05, 0) is 24.1 Å². The molecule has 0 amide bonds. The zero-order valence-corrected chi connectivity index (χ0v) is 12.5. The second kappa shape index (κ2) is 7.98. The number of methoxy groups -OCH3 is 1. The molecule has 2 aromatic rings. The minimum atomic E-state index is -0.495. The number of hydrogen-bond donors (Lipinski definition) is 0. The van der Waals surface area contributed by atoms with E-state index < -0.39 is 5.92 Å². The molecule has 0 saturated heterocycles. The number of ether oxygens (including phenoxy) is 1. The van der Waals surface area contributed by atoms with Gasteiger partial charge in [0.15, 0.2) is 12.8 Å². The summed E-state index contributed by atoms with van der Waals surface area (Å²) in [4.78, 5) is 11.9. The van der Waals surface area contributed by atoms with Crippen LogP contribution in [0, 0.1) is 11.1 Å². The van der Waals surface area contributed by atoms with Crippen molar-refractivity contribution in [1.29, 1.82) is 0 Å². The van der Waals surface area contributed by atoms with E-state index in [4.69, 9.17) is 4.74 Å². The lowest BCUT2D eigenvalue weighted by Crippen LogP contribution is -2.27. The number of rotatable bonds is 6. The van der Waals surface area contributed by atoms with Gasteiger partial charge in [-0.3, -0.25) is 4.79 Å². The SMILES string of the molecule is COC(=O)C(Cc1ccccc1)C/[N+]([O-])=C/c1ccccc1. The molecule has 0 saturated carbocycles. The fourth-order valence-electron chi connectivity index (χ4n) is 2.26. The summed E-state index contributed by atoms with van der Waals surface area (Å²) in [6.45, 7) is 0.0659. The highest BCUT2D eigenvalue weighted by Crippen LogP contribution is 2.11. The molecule has 0 aromatic heterocycles. The number of esters is 1. The molecule has 0 spiro atoms. The minimum Gasteiger partial charge on any atom is -0.624 e. The first-order valence-electron chi connectivity index (χ1n) is 7.14. The third kappa shape index (κ3) is 4.74. The molecule has 22 heavy (non-hydrogen) atoms. The summed E-state index contributed by atoms with van der Waals surface area (Å²) in [6, 6.07) is 18.9. The van der Waals surface area contributed by atoms with Crippen LogP contribution in [-0.4, -0.2) is 30.6 Å². The van der Waals surface area contributed by atoms with Crippen LogP contribution in [0.2, 0.25) is 0 Å². The third-order valence-electron chi connectivity index (χ3n) is 3.35. The van der Waals surface area contributed by atoms with Gasteiger partial charge < -0.3 is 9.94 Å². The topological polar surface area (TPSA) is 52.4 Å². The van der Waals surface area contributed by atoms with Crippen LogP contribution in [0.3, 0.4) is 0 Å². The molecule has 0 N–H and O–H groups in total. The Morgan fingerprint density at radius 3 is 2.32 bits per heavy atom. The highest BCUT2D eigenvalue weighted by atomic mass is 16.5. The number of benzene rings is 2. The van der Waals surface area contributed by atoms with Crippen molar-refractivity contribution in [1.82, 2.24) is 0 Å². The van der Waals surface area contributed by atoms with E-state index in [-0.39, 0.29) is 12.5 Å². The molecule has 2 rings (SSSR count). The van der Waals surface area contributed by atoms with Crippen LogP contribution in [0.1, 0.15) is 11.1 Å². The Hall–Kier alpha value is -2.62. The van der Waals surface area contributed by atoms with Crippen LogP contribution in [-0.2, 0) is 16.0 Å². The average Bonchev–Trinajstić information content (AvgIpc) is 2.55. The fourth-order valence-corrected chi connectivity index (χ4v) is 2.26. The Bertz CT molecular complexity index is 623. The summed E-state index contributed by atoms with van der Waals surface area (Å²) in [5, 5.41) is 12.1. The maximum atomic E-state index is 12.1. The van der Waals surface area contributed by atoms with Crippen molar-refractivity contribution in [3.05, 3.63) is 77.0 Å². The van der Waals surface area contributed by atoms with E-state index in [1.807, 2.05) is 60.7 Å². The summed E-state index contributed by atoms with van der Waals surface area (Å²) < 4.78 is 5.61. The smallest absolute Gasteiger partial charge is 0.315 e. The maximum absolute atomic E-state index is 12.1. The first-order chi connectivity index (χ1) is 10.7. The van der Waals surface area contributed by atoms with Gasteiger partial charge in [0.1, 0.15) is 5.92 Å². The number of hydrogen-bond acceptors (Lipinski definition) is 3. The predicted molar refractivity (Wildman–Crippen MR) is 85.8 cm³/mol. The lowest BCUT2D eigenvalue weighted by atomic mass is 9.99. The average molecular weight is 297 g/mol. The van der Waals surface area contributed by atoms with Crippen molar-refractivity contribution in [2.24, 2.45) is 5.92 Å². The van der Waals surface area contributed by atoms with Gasteiger partial charge in [-0.2, -0.15) is 0 Å². The molecular weight excluding hydrogens is 278 g/mol. The van der Waals surface area contributed by atoms with Crippen LogP contribution in [0.15, 0.2) is 60.7 Å². The van der Waals surface area contributed by atoms with Crippen LogP contribution in [0.4, 0.5) is 0 Å². The van der Waals surface area contributed by atoms with Crippen LogP contribution in [0.5, 0.6) is 0 Å². The van der Waals surface area contributed by atoms with Crippen molar-refractivity contribution < 1.29 is 14.3 Å². The molecule has 114 valence electrons. The molecule has 1 atom stereocenters. The second-order valence-corrected chi connectivity index (χ2v) is 5.05. The normalized spacial score (nSPS) is 12.7. The molecule has 4 heteroatoms. The quantitative estimate of drug-likeness (QED) is 0.271. The predicted octanol–water partition coefficient (Wildman–Crippen LogP) is 2.65. The minimum absolute atomic E-state index is 0.0659. The van der Waals surface area contributed by atoms with Gasteiger partial charge in [0.2, 0.25) is 0 Å². The third-order valence-corrected chi connectivity index (χ3v) is 3.35. The van der Waals surface area contributed by atoms with Crippen LogP contribution < -0.4 is 0 Å². The van der Waals surface area contributed by atoms with E-state index in [2.05, 4.69) is 0 Å². The monoisotopic (exact) mass is 297 g/mol. The van der Waals surface area contributed by atoms with Crippen molar-refractivity contribution in [2.45, 2.75) is 6.42 Å². The van der Waals surface area contributed by atoms with Crippen molar-refractivity contribution in [3.8, 4) is 0 Å². The van der Waals surface area contributed by atoms with Crippen molar-refractivity contribution in [3.63, 3.8) is 0 Å². The van der Waals surface area contributed by atoms with E-state index in [1.54, 1.807) is 0 Å². The molecule has 0 aliphatic heterocycles. The molecule has 0 aliphatic carbocycles. The number of hydroxylamine groups is 1. The maximum Gasteiger partial charge on any atom is 0.315 e. The Kier molecular flexibility index (Phi) is 5.72. The van der Waals surface area contributed by atoms with E-state index >= 15 is 0 Å². The van der Waals surface area contributed by atoms with Gasteiger partial charge >= 0.3 is 5.97 Å². The van der Waals surface area contributed by atoms with Gasteiger partial charge in [0, 0.05) is 5.56 Å². The van der Waals surface area contributed by atoms with Gasteiger partial charge in [0.25, 0.3) is 0 Å². The molecule has 0 radical (unpaired) electrons. The van der Waals surface area contributed by atoms with Crippen LogP contribution >= 0.6 is 0 Å². The van der Waals surface area contributed by atoms with Crippen molar-refractivity contribution in [2.75, 3.05) is 13.7 Å². The van der Waals surface area contributed by atoms with E-state index in [0.29, 0.717) is 6.42 Å². The summed E-state index contributed by atoms with van der Waals surface area (Å²) >= 11 is 0. The number of carbonyl (C=O) groups excluding carboxylic acids is 1. The Morgan fingerprint density at radius 2 is 1.73 bits per heavy atom. The lowest BCUT2D eigenvalue weighted by molar-refractivity contribution is -0.459. The second-order valence-electron chi connectivity index (χ2n) is 5.05. The molecule has 1 unspecified atom stereocenters. The summed E-state index contributed by atoms with van der Waals surface area (Å²) in [7, 11) is 1.34. The molecule has 0 aliphatic rings. The van der Waals surface area contributed by atoms with Gasteiger partial charge in [-0.1, -0.05) is 48.5 Å². The standard InChI is InChI=1S/C18H19NO3/c1-22-18(20)17(12-15-8-4-2-5-9-15)14-19(21)13-16-10-6-3-7-11-16/h2-11,13,17H,12,14H2,1H3/b19-13-. The zero-order valence-electron chi connectivity index (χ0n) is 12.5. The Labute approximate surface area is 130 Å². The van der Waals surface area contributed by atoms with Crippen molar-refractivity contribution >= 4 is 12.2 Å². The molecule has 2 aromatic carbocycles. The summed E-state index contributed by atoms with van der Waals surface area (Å²) in [6.07, 6.45) is 1.97. The number of carbonyl (C=O) groups is 1. The first kappa shape index (κ1) is 15.8. The first-order valence-corrected chi connectivity index (χ1v) is 7.14. The zero-order chi connectivity index (χ0) is 15.8. The molecule has 0 heterocycles. The fraction of sp³-hybridized carbons (Fsp3) is 0.222. The number of nitrogens with zero attached hydrogens (tertiary/aromatic N) is 1. The van der Waals surface area contributed by atoms with E-state index in [1.165, 1.54) is 13.3 Å². The van der Waals surface area contributed by atoms with E-state index in [9.17, 15) is 10.0 Å². The largest absolute Gasteiger partial charge is 0.624 e. The van der Waals surface area contributed by atoms with Crippen LogP contribution in [0.25, 0.3) is 0 Å². The highest BCUT2D eigenvalue weighted by Gasteiger charge is 2.23. The molecule has 0 fully saturated rings. The summed E-state index contributed by atoms with van der Waals surface area (Å²) in [5.41, 5.74) is 1.81. The Morgan fingerprint density at radius 1 is 1.14 bits per heavy atom. The lowest BCUT2D eigenvalue weighted by Gasteiger charge is -2.14. The Balaban J connectivity index is 2.09. The van der Waals surface area contributed by atoms with Gasteiger partial charge in [0.05, 0.1) is 7.11 Å². The summed E-state index contributed by atoms with van der Waals surface area (Å²) in [5.74, 6) is -0.865. The van der Waals surface area contributed by atoms with E-state index in [0.717, 1.165) is 15.9 Å². The molecule has 0 bridgehead atoms. The molecular formula is C18H19NO3. The van der Waals surface area contributed by atoms with Gasteiger partial charge in [-0.25, -0.2) is 4.74 Å². The highest BCUT2D eigenvalue weighted by molar-refractivity contribution is 5.76. The molecule has 4 nitrogen and oxygen atoms in total. The van der Waals surface area contributed by atoms with Gasteiger partial charge in [-0.15, -0.1) is 0 Å².